The van der Waals surface area contributed by atoms with Crippen LogP contribution in [0.25, 0.3) is 0 Å². The number of nitrogens with zero attached hydrogens (tertiary/aromatic N) is 2. The number of hydrogen-bond donors (Lipinski definition) is 1. The maximum absolute atomic E-state index is 12.2. The molecule has 1 aliphatic rings. The summed E-state index contributed by atoms with van der Waals surface area (Å²) in [5, 5.41) is 11.9. The molecule has 0 aliphatic carbocycles. The number of nitrogens with one attached hydrogen (secondary N) is 1. The van der Waals surface area contributed by atoms with Gasteiger partial charge in [-0.2, -0.15) is 5.26 Å². The zero-order chi connectivity index (χ0) is 13.8. The van der Waals surface area contributed by atoms with Gasteiger partial charge in [0, 0.05) is 24.5 Å². The largest absolute Gasteiger partial charge is 0.350 e. The molecule has 4 nitrogen and oxygen atoms in total. The third-order valence-corrected chi connectivity index (χ3v) is 3.98. The lowest BCUT2D eigenvalue weighted by atomic mass is 9.97. The molecular formula is C14H25N3O. The molecule has 0 bridgehead atoms. The quantitative estimate of drug-likeness (QED) is 0.830. The lowest BCUT2D eigenvalue weighted by molar-refractivity contribution is -0.128. The van der Waals surface area contributed by atoms with E-state index in [0.29, 0.717) is 0 Å². The monoisotopic (exact) mass is 251 g/mol. The Morgan fingerprint density at radius 2 is 2.06 bits per heavy atom. The highest BCUT2D eigenvalue weighted by Gasteiger charge is 2.28. The van der Waals surface area contributed by atoms with Gasteiger partial charge in [-0.25, -0.2) is 0 Å². The Morgan fingerprint density at radius 3 is 2.50 bits per heavy atom. The van der Waals surface area contributed by atoms with Gasteiger partial charge in [0.15, 0.2) is 0 Å². The van der Waals surface area contributed by atoms with Gasteiger partial charge in [0.05, 0.1) is 12.1 Å². The molecule has 0 aromatic heterocycles. The molecule has 0 radical (unpaired) electrons. The Kier molecular flexibility index (Phi) is 5.15. The SMILES string of the molecule is CCC(C)(C)NC(=O)C(C)N1CCC(C#N)CC1. The van der Waals surface area contributed by atoms with Gasteiger partial charge in [0.25, 0.3) is 0 Å². The van der Waals surface area contributed by atoms with Gasteiger partial charge in [-0.15, -0.1) is 0 Å². The van der Waals surface area contributed by atoms with Gasteiger partial charge >= 0.3 is 0 Å². The predicted molar refractivity (Wildman–Crippen MR) is 71.9 cm³/mol. The van der Waals surface area contributed by atoms with Crippen molar-refractivity contribution < 1.29 is 4.79 Å². The fourth-order valence-corrected chi connectivity index (χ4v) is 2.11. The first-order valence-electron chi connectivity index (χ1n) is 6.85. The van der Waals surface area contributed by atoms with E-state index in [0.717, 1.165) is 32.4 Å². The van der Waals surface area contributed by atoms with Crippen LogP contribution < -0.4 is 5.32 Å². The Morgan fingerprint density at radius 1 is 1.50 bits per heavy atom. The maximum atomic E-state index is 12.2. The smallest absolute Gasteiger partial charge is 0.237 e. The highest BCUT2D eigenvalue weighted by atomic mass is 16.2. The Bertz CT molecular complexity index is 324. The number of piperidine rings is 1. The van der Waals surface area contributed by atoms with Crippen molar-refractivity contribution in [3.63, 3.8) is 0 Å². The highest BCUT2D eigenvalue weighted by Crippen LogP contribution is 2.18. The summed E-state index contributed by atoms with van der Waals surface area (Å²) in [4.78, 5) is 14.3. The summed E-state index contributed by atoms with van der Waals surface area (Å²) in [6.45, 7) is 9.80. The van der Waals surface area contributed by atoms with Crippen molar-refractivity contribution in [3.8, 4) is 6.07 Å². The summed E-state index contributed by atoms with van der Waals surface area (Å²) in [6.07, 6.45) is 2.68. The first-order valence-corrected chi connectivity index (χ1v) is 6.85. The number of amides is 1. The van der Waals surface area contributed by atoms with E-state index in [1.807, 2.05) is 20.8 Å². The molecule has 1 rings (SSSR count). The van der Waals surface area contributed by atoms with Crippen molar-refractivity contribution in [1.29, 1.82) is 5.26 Å². The minimum absolute atomic E-state index is 0.0947. The van der Waals surface area contributed by atoms with Crippen molar-refractivity contribution in [2.45, 2.75) is 58.5 Å². The van der Waals surface area contributed by atoms with E-state index in [4.69, 9.17) is 5.26 Å². The van der Waals surface area contributed by atoms with Crippen molar-refractivity contribution >= 4 is 5.91 Å². The second-order valence-electron chi connectivity index (χ2n) is 5.84. The van der Waals surface area contributed by atoms with Gasteiger partial charge in [-0.3, -0.25) is 9.69 Å². The summed E-state index contributed by atoms with van der Waals surface area (Å²) in [5.74, 6) is 0.265. The summed E-state index contributed by atoms with van der Waals surface area (Å²) in [5.41, 5.74) is -0.143. The summed E-state index contributed by atoms with van der Waals surface area (Å²) in [7, 11) is 0. The van der Waals surface area contributed by atoms with Gasteiger partial charge in [-0.05, 0) is 40.0 Å². The van der Waals surface area contributed by atoms with E-state index in [2.05, 4.69) is 23.2 Å². The molecule has 1 fully saturated rings. The molecule has 0 aromatic rings. The van der Waals surface area contributed by atoms with E-state index in [9.17, 15) is 4.79 Å². The first kappa shape index (κ1) is 15.0. The molecule has 1 unspecified atom stereocenters. The summed E-state index contributed by atoms with van der Waals surface area (Å²) in [6, 6.07) is 2.21. The molecule has 1 saturated heterocycles. The van der Waals surface area contributed by atoms with Crippen LogP contribution in [0.5, 0.6) is 0 Å². The van der Waals surface area contributed by atoms with Gasteiger partial charge in [-0.1, -0.05) is 6.92 Å². The lowest BCUT2D eigenvalue weighted by Crippen LogP contribution is -2.53. The highest BCUT2D eigenvalue weighted by molar-refractivity contribution is 5.82. The van der Waals surface area contributed by atoms with Gasteiger partial charge in [0.2, 0.25) is 5.91 Å². The fourth-order valence-electron chi connectivity index (χ4n) is 2.11. The Hall–Kier alpha value is -1.08. The third-order valence-electron chi connectivity index (χ3n) is 3.98. The van der Waals surface area contributed by atoms with Crippen molar-refractivity contribution in [1.82, 2.24) is 10.2 Å². The van der Waals surface area contributed by atoms with Crippen LogP contribution in [0.4, 0.5) is 0 Å². The molecule has 1 atom stereocenters. The van der Waals surface area contributed by atoms with Gasteiger partial charge < -0.3 is 5.32 Å². The minimum atomic E-state index is -0.143. The molecular weight excluding hydrogens is 226 g/mol. The summed E-state index contributed by atoms with van der Waals surface area (Å²) >= 11 is 0. The number of nitriles is 1. The van der Waals surface area contributed by atoms with Crippen LogP contribution in [-0.4, -0.2) is 35.5 Å². The van der Waals surface area contributed by atoms with E-state index in [1.165, 1.54) is 0 Å². The van der Waals surface area contributed by atoms with Crippen LogP contribution in [0.1, 0.15) is 47.0 Å². The Balaban J connectivity index is 2.48. The molecule has 0 saturated carbocycles. The summed E-state index contributed by atoms with van der Waals surface area (Å²) < 4.78 is 0. The van der Waals surface area contributed by atoms with Crippen LogP contribution in [0.2, 0.25) is 0 Å². The number of likely N-dealkylation sites (tertiary alicyclic amines) is 1. The second-order valence-corrected chi connectivity index (χ2v) is 5.84. The molecule has 18 heavy (non-hydrogen) atoms. The first-order chi connectivity index (χ1) is 8.39. The minimum Gasteiger partial charge on any atom is -0.350 e. The van der Waals surface area contributed by atoms with Crippen LogP contribution in [0.15, 0.2) is 0 Å². The normalized spacial score (nSPS) is 20.2. The molecule has 102 valence electrons. The number of rotatable bonds is 4. The molecule has 0 spiro atoms. The standard InChI is InChI=1S/C14H25N3O/c1-5-14(3,4)16-13(18)11(2)17-8-6-12(10-15)7-9-17/h11-12H,5-9H2,1-4H3,(H,16,18). The molecule has 4 heteroatoms. The molecule has 1 heterocycles. The van der Waals surface area contributed by atoms with Crippen LogP contribution in [-0.2, 0) is 4.79 Å². The van der Waals surface area contributed by atoms with Crippen molar-refractivity contribution in [2.24, 2.45) is 5.92 Å². The average molecular weight is 251 g/mol. The fraction of sp³-hybridized carbons (Fsp3) is 0.857. The van der Waals surface area contributed by atoms with E-state index in [1.54, 1.807) is 0 Å². The van der Waals surface area contributed by atoms with Crippen LogP contribution >= 0.6 is 0 Å². The molecule has 1 aliphatic heterocycles. The molecule has 1 N–H and O–H groups in total. The predicted octanol–water partition coefficient (Wildman–Crippen LogP) is 1.92. The van der Waals surface area contributed by atoms with E-state index in [-0.39, 0.29) is 23.4 Å². The number of carbonyl (C=O) groups excluding carboxylic acids is 1. The maximum Gasteiger partial charge on any atom is 0.237 e. The second kappa shape index (κ2) is 6.19. The zero-order valence-corrected chi connectivity index (χ0v) is 12.0. The topological polar surface area (TPSA) is 56.1 Å². The van der Waals surface area contributed by atoms with E-state index < -0.39 is 0 Å². The third kappa shape index (κ3) is 3.99. The average Bonchev–Trinajstić information content (AvgIpc) is 2.37. The number of carbonyl (C=O) groups is 1. The van der Waals surface area contributed by atoms with Crippen LogP contribution in [0, 0.1) is 17.2 Å². The van der Waals surface area contributed by atoms with Crippen molar-refractivity contribution in [2.75, 3.05) is 13.1 Å². The lowest BCUT2D eigenvalue weighted by Gasteiger charge is -2.35. The molecule has 1 amide bonds. The van der Waals surface area contributed by atoms with Gasteiger partial charge in [0.1, 0.15) is 0 Å². The Labute approximate surface area is 110 Å². The molecule has 0 aromatic carbocycles. The van der Waals surface area contributed by atoms with Crippen molar-refractivity contribution in [3.05, 3.63) is 0 Å². The zero-order valence-electron chi connectivity index (χ0n) is 12.0. The van der Waals surface area contributed by atoms with E-state index >= 15 is 0 Å². The number of hydrogen-bond acceptors (Lipinski definition) is 3. The van der Waals surface area contributed by atoms with Crippen LogP contribution in [0.3, 0.4) is 0 Å².